The van der Waals surface area contributed by atoms with Gasteiger partial charge in [0, 0.05) is 25.7 Å². The van der Waals surface area contributed by atoms with Crippen LogP contribution in [0.25, 0.3) is 0 Å². The lowest BCUT2D eigenvalue weighted by Crippen LogP contribution is -2.34. The van der Waals surface area contributed by atoms with Crippen molar-refractivity contribution in [1.82, 2.24) is 20.4 Å². The number of carbonyl (C=O) groups excluding carboxylic acids is 1. The molecule has 7 nitrogen and oxygen atoms in total. The van der Waals surface area contributed by atoms with Gasteiger partial charge in [0.25, 0.3) is 5.56 Å². The lowest BCUT2D eigenvalue weighted by Gasteiger charge is -2.08. The molecule has 1 aromatic rings. The Morgan fingerprint density at radius 3 is 2.90 bits per heavy atom. The van der Waals surface area contributed by atoms with Gasteiger partial charge >= 0.3 is 0 Å². The van der Waals surface area contributed by atoms with Gasteiger partial charge < -0.3 is 16.0 Å². The lowest BCUT2D eigenvalue weighted by molar-refractivity contribution is -0.121. The van der Waals surface area contributed by atoms with Crippen molar-refractivity contribution in [2.75, 3.05) is 32.0 Å². The number of carbonyl (C=O) groups is 1. The minimum Gasteiger partial charge on any atom is -0.382 e. The monoisotopic (exact) mass is 279 g/mol. The van der Waals surface area contributed by atoms with E-state index in [0.717, 1.165) is 6.54 Å². The Balaban J connectivity index is 1.84. The van der Waals surface area contributed by atoms with Crippen LogP contribution in [0.2, 0.25) is 0 Å². The fraction of sp³-hybridized carbons (Fsp3) is 0.615. The largest absolute Gasteiger partial charge is 0.382 e. The maximum Gasteiger partial charge on any atom is 0.269 e. The molecule has 1 heterocycles. The number of rotatable bonds is 8. The number of anilines is 1. The third kappa shape index (κ3) is 4.65. The molecule has 1 saturated carbocycles. The van der Waals surface area contributed by atoms with Crippen LogP contribution in [0, 0.1) is 5.92 Å². The molecule has 0 bridgehead atoms. The van der Waals surface area contributed by atoms with Gasteiger partial charge in [-0.1, -0.05) is 0 Å². The van der Waals surface area contributed by atoms with E-state index in [1.807, 2.05) is 7.05 Å². The molecule has 1 aliphatic carbocycles. The van der Waals surface area contributed by atoms with Crippen molar-refractivity contribution in [2.45, 2.75) is 19.4 Å². The number of nitrogens with zero attached hydrogens (tertiary/aromatic N) is 2. The molecule has 0 atom stereocenters. The summed E-state index contributed by atoms with van der Waals surface area (Å²) in [4.78, 5) is 23.5. The molecule has 110 valence electrons. The van der Waals surface area contributed by atoms with Crippen molar-refractivity contribution in [1.29, 1.82) is 0 Å². The van der Waals surface area contributed by atoms with Crippen LogP contribution >= 0.6 is 0 Å². The number of nitrogens with one attached hydrogen (secondary N) is 3. The smallest absolute Gasteiger partial charge is 0.269 e. The lowest BCUT2D eigenvalue weighted by atomic mass is 10.4. The van der Waals surface area contributed by atoms with Crippen LogP contribution in [-0.4, -0.2) is 42.4 Å². The second-order valence-corrected chi connectivity index (χ2v) is 5.02. The zero-order valence-corrected chi connectivity index (χ0v) is 11.7. The zero-order chi connectivity index (χ0) is 14.4. The van der Waals surface area contributed by atoms with Gasteiger partial charge in [-0.05, 0) is 25.8 Å². The predicted molar refractivity (Wildman–Crippen MR) is 76.6 cm³/mol. The van der Waals surface area contributed by atoms with Crippen LogP contribution < -0.4 is 21.5 Å². The molecule has 2 rings (SSSR count). The average Bonchev–Trinajstić information content (AvgIpc) is 3.24. The van der Waals surface area contributed by atoms with Crippen molar-refractivity contribution in [3.63, 3.8) is 0 Å². The second kappa shape index (κ2) is 7.04. The van der Waals surface area contributed by atoms with Crippen LogP contribution in [0.1, 0.15) is 12.8 Å². The van der Waals surface area contributed by atoms with Crippen LogP contribution in [-0.2, 0) is 11.3 Å². The highest BCUT2D eigenvalue weighted by molar-refractivity contribution is 5.75. The van der Waals surface area contributed by atoms with Gasteiger partial charge in [0.2, 0.25) is 5.91 Å². The molecular formula is C13H21N5O2. The standard InChI is InChI=1S/C13H21N5O2/c1-14-4-5-15-11-6-13(20)18(17-8-11)9-12(19)16-7-10-2-3-10/h6,8,10,14-15H,2-5,7,9H2,1H3,(H,16,19). The molecule has 7 heteroatoms. The molecule has 1 amide bonds. The summed E-state index contributed by atoms with van der Waals surface area (Å²) in [6, 6.07) is 1.46. The molecule has 3 N–H and O–H groups in total. The van der Waals surface area contributed by atoms with Crippen molar-refractivity contribution in [2.24, 2.45) is 5.92 Å². The van der Waals surface area contributed by atoms with Gasteiger partial charge in [-0.3, -0.25) is 9.59 Å². The summed E-state index contributed by atoms with van der Waals surface area (Å²) in [6.45, 7) is 2.19. The predicted octanol–water partition coefficient (Wildman–Crippen LogP) is -0.599. The second-order valence-electron chi connectivity index (χ2n) is 5.02. The first-order valence-electron chi connectivity index (χ1n) is 6.91. The first-order chi connectivity index (χ1) is 9.69. The highest BCUT2D eigenvalue weighted by Gasteiger charge is 2.21. The Morgan fingerprint density at radius 2 is 2.25 bits per heavy atom. The third-order valence-corrected chi connectivity index (χ3v) is 3.15. The quantitative estimate of drug-likeness (QED) is 0.553. The minimum atomic E-state index is -0.277. The number of hydrogen-bond acceptors (Lipinski definition) is 5. The summed E-state index contributed by atoms with van der Waals surface area (Å²) in [5, 5.41) is 12.9. The van der Waals surface area contributed by atoms with Crippen LogP contribution in [0.4, 0.5) is 5.69 Å². The molecule has 1 fully saturated rings. The molecule has 20 heavy (non-hydrogen) atoms. The molecular weight excluding hydrogens is 258 g/mol. The fourth-order valence-electron chi connectivity index (χ4n) is 1.75. The Kier molecular flexibility index (Phi) is 5.11. The first kappa shape index (κ1) is 14.5. The van der Waals surface area contributed by atoms with E-state index < -0.39 is 0 Å². The Hall–Kier alpha value is -1.89. The van der Waals surface area contributed by atoms with Crippen LogP contribution in [0.3, 0.4) is 0 Å². The summed E-state index contributed by atoms with van der Waals surface area (Å²) >= 11 is 0. The fourth-order valence-corrected chi connectivity index (χ4v) is 1.75. The Bertz CT molecular complexity index is 510. The first-order valence-corrected chi connectivity index (χ1v) is 6.91. The topological polar surface area (TPSA) is 88.1 Å². The van der Waals surface area contributed by atoms with Gasteiger partial charge in [0.1, 0.15) is 6.54 Å². The highest BCUT2D eigenvalue weighted by atomic mass is 16.2. The summed E-state index contributed by atoms with van der Waals surface area (Å²) < 4.78 is 1.17. The van der Waals surface area contributed by atoms with Crippen molar-refractivity contribution < 1.29 is 4.79 Å². The van der Waals surface area contributed by atoms with E-state index in [1.54, 1.807) is 6.20 Å². The normalized spacial score (nSPS) is 14.1. The van der Waals surface area contributed by atoms with Crippen molar-refractivity contribution in [3.8, 4) is 0 Å². The molecule has 0 saturated heterocycles. The summed E-state index contributed by atoms with van der Waals surface area (Å²) in [5.41, 5.74) is 0.390. The van der Waals surface area contributed by atoms with Gasteiger partial charge in [-0.2, -0.15) is 5.10 Å². The summed E-state index contributed by atoms with van der Waals surface area (Å²) in [5.74, 6) is 0.463. The van der Waals surface area contributed by atoms with E-state index in [1.165, 1.54) is 23.6 Å². The number of hydrogen-bond donors (Lipinski definition) is 3. The van der Waals surface area contributed by atoms with Crippen LogP contribution in [0.15, 0.2) is 17.1 Å². The Labute approximate surface area is 117 Å². The average molecular weight is 279 g/mol. The van der Waals surface area contributed by atoms with Crippen molar-refractivity contribution >= 4 is 11.6 Å². The molecule has 1 aromatic heterocycles. The van der Waals surface area contributed by atoms with E-state index in [2.05, 4.69) is 21.0 Å². The summed E-state index contributed by atoms with van der Waals surface area (Å²) in [6.07, 6.45) is 3.93. The highest BCUT2D eigenvalue weighted by Crippen LogP contribution is 2.27. The van der Waals surface area contributed by atoms with Crippen LogP contribution in [0.5, 0.6) is 0 Å². The van der Waals surface area contributed by atoms with E-state index in [9.17, 15) is 9.59 Å². The molecule has 0 spiro atoms. The zero-order valence-electron chi connectivity index (χ0n) is 11.7. The van der Waals surface area contributed by atoms with Gasteiger partial charge in [0.15, 0.2) is 0 Å². The van der Waals surface area contributed by atoms with E-state index in [-0.39, 0.29) is 18.0 Å². The molecule has 0 radical (unpaired) electrons. The van der Waals surface area contributed by atoms with Gasteiger partial charge in [0.05, 0.1) is 11.9 Å². The maximum atomic E-state index is 11.8. The summed E-state index contributed by atoms with van der Waals surface area (Å²) in [7, 11) is 1.86. The SMILES string of the molecule is CNCCNc1cnn(CC(=O)NCC2CC2)c(=O)c1. The van der Waals surface area contributed by atoms with E-state index in [0.29, 0.717) is 24.7 Å². The number of likely N-dealkylation sites (N-methyl/N-ethyl adjacent to an activating group) is 1. The van der Waals surface area contributed by atoms with E-state index >= 15 is 0 Å². The number of aromatic nitrogens is 2. The molecule has 0 aromatic carbocycles. The Morgan fingerprint density at radius 1 is 1.45 bits per heavy atom. The maximum absolute atomic E-state index is 11.8. The number of amides is 1. The third-order valence-electron chi connectivity index (χ3n) is 3.15. The van der Waals surface area contributed by atoms with E-state index in [4.69, 9.17) is 0 Å². The van der Waals surface area contributed by atoms with Gasteiger partial charge in [-0.15, -0.1) is 0 Å². The molecule has 1 aliphatic rings. The molecule has 0 unspecified atom stereocenters. The molecule has 0 aliphatic heterocycles. The van der Waals surface area contributed by atoms with Crippen molar-refractivity contribution in [3.05, 3.63) is 22.6 Å². The minimum absolute atomic E-state index is 0.0254. The van der Waals surface area contributed by atoms with Gasteiger partial charge in [-0.25, -0.2) is 4.68 Å².